The van der Waals surface area contributed by atoms with Gasteiger partial charge in [-0.15, -0.1) is 0 Å². The number of phenolic OH excluding ortho intramolecular Hbond substituents is 1. The second-order valence-corrected chi connectivity index (χ2v) is 8.40. The van der Waals surface area contributed by atoms with Gasteiger partial charge in [-0.2, -0.15) is 0 Å². The van der Waals surface area contributed by atoms with E-state index in [1.165, 1.54) is 17.2 Å². The van der Waals surface area contributed by atoms with Gasteiger partial charge >= 0.3 is 4.87 Å². The van der Waals surface area contributed by atoms with Crippen molar-refractivity contribution in [2.24, 2.45) is 0 Å². The molecule has 2 aromatic carbocycles. The molecular formula is C22H29N3O4S. The van der Waals surface area contributed by atoms with E-state index in [0.29, 0.717) is 35.0 Å². The zero-order valence-corrected chi connectivity index (χ0v) is 18.1. The number of aromatic nitrogens is 1. The molecule has 0 unspecified atom stereocenters. The van der Waals surface area contributed by atoms with Gasteiger partial charge in [0.05, 0.1) is 17.4 Å². The molecule has 162 valence electrons. The van der Waals surface area contributed by atoms with Crippen molar-refractivity contribution in [2.45, 2.75) is 32.0 Å². The van der Waals surface area contributed by atoms with E-state index in [-0.39, 0.29) is 10.6 Å². The maximum atomic E-state index is 11.6. The average Bonchev–Trinajstić information content (AvgIpc) is 3.12. The summed E-state index contributed by atoms with van der Waals surface area (Å²) >= 11 is 0.996. The Kier molecular flexibility index (Phi) is 8.01. The number of methoxy groups -OCH3 is 1. The molecule has 0 aliphatic heterocycles. The summed E-state index contributed by atoms with van der Waals surface area (Å²) in [5, 5.41) is 27.1. The fourth-order valence-electron chi connectivity index (χ4n) is 3.38. The smallest absolute Gasteiger partial charge is 0.305 e. The minimum absolute atomic E-state index is 0.0123. The van der Waals surface area contributed by atoms with Crippen molar-refractivity contribution in [3.8, 4) is 5.75 Å². The van der Waals surface area contributed by atoms with Crippen LogP contribution in [0, 0.1) is 0 Å². The number of fused-ring (bicyclic) bond motifs is 1. The molecule has 0 spiro atoms. The van der Waals surface area contributed by atoms with E-state index in [1.807, 2.05) is 0 Å². The van der Waals surface area contributed by atoms with E-state index in [2.05, 4.69) is 46.8 Å². The summed E-state index contributed by atoms with van der Waals surface area (Å²) in [6.45, 7) is 4.65. The predicted octanol–water partition coefficient (Wildman–Crippen LogP) is 2.29. The first kappa shape index (κ1) is 22.5. The number of aliphatic hydroxyl groups excluding tert-OH is 1. The Labute approximate surface area is 179 Å². The molecule has 0 saturated carbocycles. The molecule has 5 N–H and O–H groups in total. The summed E-state index contributed by atoms with van der Waals surface area (Å²) in [5.41, 5.74) is 3.47. The molecule has 0 saturated heterocycles. The number of phenols is 1. The number of aliphatic hydroxyl groups is 1. The summed E-state index contributed by atoms with van der Waals surface area (Å²) < 4.78 is 5.74. The van der Waals surface area contributed by atoms with Crippen LogP contribution in [0.5, 0.6) is 5.75 Å². The minimum atomic E-state index is -0.766. The predicted molar refractivity (Wildman–Crippen MR) is 120 cm³/mol. The molecule has 1 heterocycles. The van der Waals surface area contributed by atoms with Crippen LogP contribution in [0.4, 0.5) is 0 Å². The van der Waals surface area contributed by atoms with Crippen LogP contribution < -0.4 is 15.5 Å². The molecule has 3 rings (SSSR count). The van der Waals surface area contributed by atoms with Crippen molar-refractivity contribution >= 4 is 21.6 Å². The Hall–Kier alpha value is -2.23. The molecule has 0 amide bonds. The monoisotopic (exact) mass is 431 g/mol. The van der Waals surface area contributed by atoms with Crippen molar-refractivity contribution in [1.29, 1.82) is 0 Å². The Bertz CT molecular complexity index is 1020. The summed E-state index contributed by atoms with van der Waals surface area (Å²) in [4.78, 5) is 14.0. The minimum Gasteiger partial charge on any atom is -0.506 e. The van der Waals surface area contributed by atoms with Gasteiger partial charge in [-0.1, -0.05) is 41.7 Å². The van der Waals surface area contributed by atoms with Crippen LogP contribution in [0.3, 0.4) is 0 Å². The molecule has 0 fully saturated rings. The van der Waals surface area contributed by atoms with E-state index < -0.39 is 6.10 Å². The van der Waals surface area contributed by atoms with Crippen LogP contribution in [-0.2, 0) is 17.7 Å². The molecule has 2 atom stereocenters. The quantitative estimate of drug-likeness (QED) is 0.298. The lowest BCUT2D eigenvalue weighted by Crippen LogP contribution is -2.29. The van der Waals surface area contributed by atoms with Gasteiger partial charge in [0, 0.05) is 31.8 Å². The molecule has 7 nitrogen and oxygen atoms in total. The van der Waals surface area contributed by atoms with Gasteiger partial charge in [-0.25, -0.2) is 0 Å². The fourth-order valence-corrected chi connectivity index (χ4v) is 4.30. The van der Waals surface area contributed by atoms with E-state index in [4.69, 9.17) is 4.74 Å². The van der Waals surface area contributed by atoms with Crippen LogP contribution in [0.2, 0.25) is 0 Å². The molecule has 0 aliphatic carbocycles. The maximum Gasteiger partial charge on any atom is 0.305 e. The highest BCUT2D eigenvalue weighted by atomic mass is 32.1. The summed E-state index contributed by atoms with van der Waals surface area (Å²) in [7, 11) is 1.70. The normalized spacial score (nSPS) is 13.6. The SMILES string of the molecule is COC[C@@H](C)NCc1cccc(CCNC[C@H](O)c2ccc(O)c3[nH]c(=O)sc23)c1. The number of hydrogen-bond donors (Lipinski definition) is 5. The third kappa shape index (κ3) is 5.90. The van der Waals surface area contributed by atoms with Gasteiger partial charge in [0.25, 0.3) is 0 Å². The average molecular weight is 432 g/mol. The number of aromatic amines is 1. The Balaban J connectivity index is 1.50. The number of H-pyrrole nitrogens is 1. The highest BCUT2D eigenvalue weighted by Gasteiger charge is 2.15. The third-order valence-corrected chi connectivity index (χ3v) is 5.87. The van der Waals surface area contributed by atoms with E-state index in [1.54, 1.807) is 13.2 Å². The van der Waals surface area contributed by atoms with Gasteiger partial charge in [0.2, 0.25) is 0 Å². The van der Waals surface area contributed by atoms with Gasteiger partial charge in [-0.3, -0.25) is 4.79 Å². The summed E-state index contributed by atoms with van der Waals surface area (Å²) in [5.74, 6) is 0.0123. The number of benzene rings is 2. The second kappa shape index (κ2) is 10.7. The van der Waals surface area contributed by atoms with Crippen LogP contribution in [0.15, 0.2) is 41.2 Å². The summed E-state index contributed by atoms with van der Waals surface area (Å²) in [6, 6.07) is 11.9. The first-order valence-electron chi connectivity index (χ1n) is 10.0. The number of rotatable bonds is 11. The van der Waals surface area contributed by atoms with Crippen LogP contribution >= 0.6 is 11.3 Å². The fraction of sp³-hybridized carbons (Fsp3) is 0.409. The Morgan fingerprint density at radius 1 is 1.23 bits per heavy atom. The van der Waals surface area contributed by atoms with Crippen molar-refractivity contribution in [2.75, 3.05) is 26.8 Å². The topological polar surface area (TPSA) is 107 Å². The van der Waals surface area contributed by atoms with Crippen molar-refractivity contribution in [1.82, 2.24) is 15.6 Å². The second-order valence-electron chi connectivity index (χ2n) is 7.42. The molecule has 0 aliphatic rings. The van der Waals surface area contributed by atoms with Gasteiger partial charge < -0.3 is 30.6 Å². The van der Waals surface area contributed by atoms with E-state index >= 15 is 0 Å². The van der Waals surface area contributed by atoms with E-state index in [0.717, 1.165) is 30.8 Å². The Morgan fingerprint density at radius 2 is 2.03 bits per heavy atom. The maximum absolute atomic E-state index is 11.6. The lowest BCUT2D eigenvalue weighted by molar-refractivity contribution is 0.171. The molecule has 3 aromatic rings. The van der Waals surface area contributed by atoms with Gasteiger partial charge in [0.1, 0.15) is 11.3 Å². The highest BCUT2D eigenvalue weighted by molar-refractivity contribution is 7.16. The van der Waals surface area contributed by atoms with Crippen LogP contribution in [0.25, 0.3) is 10.2 Å². The number of aromatic hydroxyl groups is 1. The lowest BCUT2D eigenvalue weighted by Gasteiger charge is -2.14. The number of ether oxygens (including phenoxy) is 1. The molecule has 30 heavy (non-hydrogen) atoms. The van der Waals surface area contributed by atoms with Crippen molar-refractivity contribution < 1.29 is 14.9 Å². The zero-order valence-electron chi connectivity index (χ0n) is 17.3. The standard InChI is InChI=1S/C22H29N3O4S/c1-14(13-29-2)24-11-16-5-3-4-15(10-16)8-9-23-12-19(27)17-6-7-18(26)20-21(17)30-22(28)25-20/h3-7,10,14,19,23-24,26-27H,8-9,11-13H2,1-2H3,(H,25,28)/t14-,19+/m1/s1. The molecule has 0 radical (unpaired) electrons. The molecular weight excluding hydrogens is 402 g/mol. The Morgan fingerprint density at radius 3 is 2.83 bits per heavy atom. The van der Waals surface area contributed by atoms with Crippen LogP contribution in [-0.4, -0.2) is 48.0 Å². The molecule has 0 bridgehead atoms. The van der Waals surface area contributed by atoms with Crippen molar-refractivity contribution in [3.63, 3.8) is 0 Å². The number of thiazole rings is 1. The zero-order chi connectivity index (χ0) is 21.5. The molecule has 8 heteroatoms. The van der Waals surface area contributed by atoms with Gasteiger partial charge in [0.15, 0.2) is 0 Å². The van der Waals surface area contributed by atoms with Crippen LogP contribution in [0.1, 0.15) is 29.7 Å². The third-order valence-electron chi connectivity index (χ3n) is 4.94. The largest absolute Gasteiger partial charge is 0.506 e. The van der Waals surface area contributed by atoms with Crippen molar-refractivity contribution in [3.05, 3.63) is 62.8 Å². The first-order chi connectivity index (χ1) is 14.5. The highest BCUT2D eigenvalue weighted by Crippen LogP contribution is 2.31. The molecule has 1 aromatic heterocycles. The van der Waals surface area contributed by atoms with E-state index in [9.17, 15) is 15.0 Å². The van der Waals surface area contributed by atoms with Gasteiger partial charge in [-0.05, 0) is 37.1 Å². The lowest BCUT2D eigenvalue weighted by atomic mass is 10.1. The number of hydrogen-bond acceptors (Lipinski definition) is 7. The first-order valence-corrected chi connectivity index (χ1v) is 10.8. The number of nitrogens with one attached hydrogen (secondary N) is 3. The summed E-state index contributed by atoms with van der Waals surface area (Å²) in [6.07, 6.45) is 0.0776.